The zero-order valence-corrected chi connectivity index (χ0v) is 14.9. The lowest BCUT2D eigenvalue weighted by Crippen LogP contribution is -2.26. The predicted molar refractivity (Wildman–Crippen MR) is 99.1 cm³/mol. The zero-order valence-electron chi connectivity index (χ0n) is 14.9. The maximum atomic E-state index is 12.9. The Kier molecular flexibility index (Phi) is 5.58. The summed E-state index contributed by atoms with van der Waals surface area (Å²) in [5.74, 6) is -0.0140. The van der Waals surface area contributed by atoms with Crippen molar-refractivity contribution in [2.24, 2.45) is 0 Å². The van der Waals surface area contributed by atoms with Crippen LogP contribution in [0.2, 0.25) is 0 Å². The number of carbonyl (C=O) groups excluding carboxylic acids is 1. The minimum atomic E-state index is -4.43. The highest BCUT2D eigenvalue weighted by Gasteiger charge is 2.30. The second kappa shape index (κ2) is 8.08. The van der Waals surface area contributed by atoms with E-state index < -0.39 is 23.7 Å². The van der Waals surface area contributed by atoms with Crippen molar-refractivity contribution in [2.45, 2.75) is 19.1 Å². The molecule has 28 heavy (non-hydrogen) atoms. The summed E-state index contributed by atoms with van der Waals surface area (Å²) in [7, 11) is 0. The summed E-state index contributed by atoms with van der Waals surface area (Å²) in [6, 6.07) is 12.7. The Hall–Kier alpha value is -3.42. The molecular formula is C20H17F3N4O. The van der Waals surface area contributed by atoms with Crippen molar-refractivity contribution in [1.29, 1.82) is 0 Å². The molecule has 0 spiro atoms. The molecule has 0 fully saturated rings. The fourth-order valence-electron chi connectivity index (χ4n) is 2.58. The molecule has 0 saturated heterocycles. The standard InChI is InChI=1S/C20H17F3N4O/c1-13(14-5-2-7-16(11-14)20(21,22)23)26-18(28)15-6-3-8-17(12-15)27-19-24-9-4-10-25-19/h2-13H,1H3,(H,26,28)(H,24,25,27)/t13-/m1/s1. The molecule has 0 radical (unpaired) electrons. The zero-order chi connectivity index (χ0) is 20.1. The van der Waals surface area contributed by atoms with Gasteiger partial charge >= 0.3 is 6.18 Å². The number of rotatable bonds is 5. The molecule has 0 saturated carbocycles. The Bertz CT molecular complexity index is 961. The van der Waals surface area contributed by atoms with Crippen LogP contribution in [0.25, 0.3) is 0 Å². The molecule has 1 amide bonds. The number of aromatic nitrogens is 2. The summed E-state index contributed by atoms with van der Waals surface area (Å²) in [6.45, 7) is 1.63. The van der Waals surface area contributed by atoms with Crippen molar-refractivity contribution >= 4 is 17.5 Å². The number of halogens is 3. The van der Waals surface area contributed by atoms with E-state index in [-0.39, 0.29) is 0 Å². The Labute approximate surface area is 159 Å². The summed E-state index contributed by atoms with van der Waals surface area (Å²) in [5.41, 5.74) is 0.598. The molecule has 0 aliphatic carbocycles. The van der Waals surface area contributed by atoms with Gasteiger partial charge in [0.15, 0.2) is 0 Å². The fraction of sp³-hybridized carbons (Fsp3) is 0.150. The SMILES string of the molecule is C[C@@H](NC(=O)c1cccc(Nc2ncccn2)c1)c1cccc(C(F)(F)F)c1. The highest BCUT2D eigenvalue weighted by atomic mass is 19.4. The van der Waals surface area contributed by atoms with Gasteiger partial charge in [0.05, 0.1) is 11.6 Å². The van der Waals surface area contributed by atoms with E-state index >= 15 is 0 Å². The van der Waals surface area contributed by atoms with E-state index in [1.807, 2.05) is 0 Å². The number of alkyl halides is 3. The first-order valence-corrected chi connectivity index (χ1v) is 8.45. The van der Waals surface area contributed by atoms with Crippen LogP contribution in [0.3, 0.4) is 0 Å². The van der Waals surface area contributed by atoms with Gasteiger partial charge in [-0.2, -0.15) is 13.2 Å². The smallest absolute Gasteiger partial charge is 0.346 e. The molecule has 1 atom stereocenters. The maximum absolute atomic E-state index is 12.9. The van der Waals surface area contributed by atoms with Gasteiger partial charge in [0, 0.05) is 23.6 Å². The number of hydrogen-bond donors (Lipinski definition) is 2. The van der Waals surface area contributed by atoms with E-state index in [9.17, 15) is 18.0 Å². The van der Waals surface area contributed by atoms with Gasteiger partial charge in [-0.15, -0.1) is 0 Å². The molecule has 0 unspecified atom stereocenters. The lowest BCUT2D eigenvalue weighted by molar-refractivity contribution is -0.137. The van der Waals surface area contributed by atoms with E-state index in [0.29, 0.717) is 22.8 Å². The molecule has 144 valence electrons. The van der Waals surface area contributed by atoms with E-state index in [2.05, 4.69) is 20.6 Å². The highest BCUT2D eigenvalue weighted by molar-refractivity contribution is 5.95. The minimum Gasteiger partial charge on any atom is -0.346 e. The minimum absolute atomic E-state index is 0.361. The molecule has 3 aromatic rings. The van der Waals surface area contributed by atoms with Gasteiger partial charge in [-0.25, -0.2) is 9.97 Å². The van der Waals surface area contributed by atoms with Crippen LogP contribution in [0.4, 0.5) is 24.8 Å². The van der Waals surface area contributed by atoms with E-state index in [0.717, 1.165) is 12.1 Å². The Morgan fingerprint density at radius 3 is 2.43 bits per heavy atom. The highest BCUT2D eigenvalue weighted by Crippen LogP contribution is 2.30. The van der Waals surface area contributed by atoms with Crippen molar-refractivity contribution in [1.82, 2.24) is 15.3 Å². The Morgan fingerprint density at radius 2 is 1.71 bits per heavy atom. The average Bonchev–Trinajstić information content (AvgIpc) is 2.68. The number of hydrogen-bond acceptors (Lipinski definition) is 4. The lowest BCUT2D eigenvalue weighted by Gasteiger charge is -2.16. The number of anilines is 2. The van der Waals surface area contributed by atoms with Crippen molar-refractivity contribution in [2.75, 3.05) is 5.32 Å². The first kappa shape index (κ1) is 19.3. The number of nitrogens with one attached hydrogen (secondary N) is 2. The van der Waals surface area contributed by atoms with Crippen LogP contribution in [-0.2, 0) is 6.18 Å². The average molecular weight is 386 g/mol. The van der Waals surface area contributed by atoms with Gasteiger partial charge in [-0.1, -0.05) is 18.2 Å². The number of benzene rings is 2. The summed E-state index contributed by atoms with van der Waals surface area (Å²) in [6.07, 6.45) is -1.26. The van der Waals surface area contributed by atoms with Crippen LogP contribution >= 0.6 is 0 Å². The topological polar surface area (TPSA) is 66.9 Å². The molecule has 0 aliphatic heterocycles. The molecule has 3 rings (SSSR count). The second-order valence-electron chi connectivity index (χ2n) is 6.10. The number of carbonyl (C=O) groups is 1. The van der Waals surface area contributed by atoms with E-state index in [1.165, 1.54) is 6.07 Å². The third kappa shape index (κ3) is 4.85. The lowest BCUT2D eigenvalue weighted by atomic mass is 10.0. The monoisotopic (exact) mass is 386 g/mol. The Morgan fingerprint density at radius 1 is 1.00 bits per heavy atom. The molecule has 8 heteroatoms. The molecule has 2 N–H and O–H groups in total. The van der Waals surface area contributed by atoms with Crippen LogP contribution in [0.15, 0.2) is 67.0 Å². The normalized spacial score (nSPS) is 12.3. The molecule has 1 heterocycles. The largest absolute Gasteiger partial charge is 0.416 e. The molecule has 0 aliphatic rings. The van der Waals surface area contributed by atoms with Crippen molar-refractivity contribution in [3.05, 3.63) is 83.7 Å². The number of amides is 1. The van der Waals surface area contributed by atoms with E-state index in [1.54, 1.807) is 55.7 Å². The van der Waals surface area contributed by atoms with E-state index in [4.69, 9.17) is 0 Å². The van der Waals surface area contributed by atoms with Crippen LogP contribution in [0.5, 0.6) is 0 Å². The maximum Gasteiger partial charge on any atom is 0.416 e. The summed E-state index contributed by atoms with van der Waals surface area (Å²) < 4.78 is 38.6. The van der Waals surface area contributed by atoms with Crippen LogP contribution < -0.4 is 10.6 Å². The molecule has 1 aromatic heterocycles. The second-order valence-corrected chi connectivity index (χ2v) is 6.10. The predicted octanol–water partition coefficient (Wildman–Crippen LogP) is 4.73. The summed E-state index contributed by atoms with van der Waals surface area (Å²) in [5, 5.41) is 5.70. The fourth-order valence-corrected chi connectivity index (χ4v) is 2.58. The Balaban J connectivity index is 1.72. The molecular weight excluding hydrogens is 369 g/mol. The third-order valence-electron chi connectivity index (χ3n) is 4.01. The third-order valence-corrected chi connectivity index (χ3v) is 4.01. The molecule has 0 bridgehead atoms. The van der Waals surface area contributed by atoms with Gasteiger partial charge in [-0.05, 0) is 48.9 Å². The number of nitrogens with zero attached hydrogens (tertiary/aromatic N) is 2. The first-order chi connectivity index (χ1) is 13.3. The quantitative estimate of drug-likeness (QED) is 0.665. The van der Waals surface area contributed by atoms with Crippen LogP contribution in [0.1, 0.15) is 34.5 Å². The summed E-state index contributed by atoms with van der Waals surface area (Å²) >= 11 is 0. The summed E-state index contributed by atoms with van der Waals surface area (Å²) in [4.78, 5) is 20.6. The van der Waals surface area contributed by atoms with Gasteiger partial charge in [0.2, 0.25) is 5.95 Å². The molecule has 5 nitrogen and oxygen atoms in total. The molecule has 2 aromatic carbocycles. The van der Waals surface area contributed by atoms with Gasteiger partial charge < -0.3 is 10.6 Å². The van der Waals surface area contributed by atoms with Gasteiger partial charge in [0.1, 0.15) is 0 Å². The van der Waals surface area contributed by atoms with Crippen molar-refractivity contribution in [3.8, 4) is 0 Å². The van der Waals surface area contributed by atoms with Crippen LogP contribution in [-0.4, -0.2) is 15.9 Å². The van der Waals surface area contributed by atoms with Crippen LogP contribution in [0, 0.1) is 0 Å². The van der Waals surface area contributed by atoms with Crippen molar-refractivity contribution in [3.63, 3.8) is 0 Å². The van der Waals surface area contributed by atoms with Gasteiger partial charge in [0.25, 0.3) is 5.91 Å². The van der Waals surface area contributed by atoms with Crippen molar-refractivity contribution < 1.29 is 18.0 Å². The van der Waals surface area contributed by atoms with Gasteiger partial charge in [-0.3, -0.25) is 4.79 Å². The first-order valence-electron chi connectivity index (χ1n) is 8.45.